The Morgan fingerprint density at radius 1 is 0.911 bits per heavy atom. The van der Waals surface area contributed by atoms with Gasteiger partial charge >= 0.3 is 11.9 Å². The second-order valence-electron chi connectivity index (χ2n) is 10.8. The first-order chi connectivity index (χ1) is 21.4. The summed E-state index contributed by atoms with van der Waals surface area (Å²) in [4.78, 5) is 35.4. The summed E-state index contributed by atoms with van der Waals surface area (Å²) in [6, 6.07) is 0. The third-order valence-corrected chi connectivity index (χ3v) is 7.46. The number of esters is 2. The average molecular weight is 646 g/mol. The molecule has 2 aliphatic rings. The fourth-order valence-electron chi connectivity index (χ4n) is 4.93. The Morgan fingerprint density at radius 2 is 1.58 bits per heavy atom. The summed E-state index contributed by atoms with van der Waals surface area (Å²) >= 11 is 0. The molecular weight excluding hydrogens is 606 g/mol. The van der Waals surface area contributed by atoms with E-state index < -0.39 is 86.5 Å². The van der Waals surface area contributed by atoms with Crippen LogP contribution in [0.3, 0.4) is 0 Å². The number of fused-ring (bicyclic) bond motifs is 1. The zero-order valence-electron chi connectivity index (χ0n) is 24.5. The molecule has 4 heterocycles. The SMILES string of the molecule is CC(=O)OCC(CCn1cnc2cnc(N[C@H]3O[C@H](CO)[C@@H](O[C@@H]4O[C@H](CO)[C@H](O)[C@H](O)[C@H]4O)[C@H](O)[C@H]3O)nc21)COC(C)=O. The Labute approximate surface area is 256 Å². The highest BCUT2D eigenvalue weighted by Gasteiger charge is 2.50. The summed E-state index contributed by atoms with van der Waals surface area (Å²) in [7, 11) is 0. The first-order valence-electron chi connectivity index (χ1n) is 14.2. The maximum Gasteiger partial charge on any atom is 0.302 e. The maximum atomic E-state index is 11.3. The fraction of sp³-hybridized carbons (Fsp3) is 0.731. The van der Waals surface area contributed by atoms with Gasteiger partial charge in [0.15, 0.2) is 18.2 Å². The average Bonchev–Trinajstić information content (AvgIpc) is 3.42. The van der Waals surface area contributed by atoms with Gasteiger partial charge in [-0.1, -0.05) is 0 Å². The molecule has 2 aromatic heterocycles. The molecular formula is C26H39N5O14. The number of aromatic nitrogens is 4. The largest absolute Gasteiger partial charge is 0.465 e. The monoisotopic (exact) mass is 645 g/mol. The molecule has 0 unspecified atom stereocenters. The fourth-order valence-corrected chi connectivity index (χ4v) is 4.93. The Bertz CT molecular complexity index is 1260. The second kappa shape index (κ2) is 15.5. The van der Waals surface area contributed by atoms with Gasteiger partial charge in [0.05, 0.1) is 39.0 Å². The van der Waals surface area contributed by atoms with Crippen LogP contribution >= 0.6 is 0 Å². The number of ether oxygens (including phenoxy) is 5. The van der Waals surface area contributed by atoms with Crippen LogP contribution in [0, 0.1) is 5.92 Å². The zero-order chi connectivity index (χ0) is 32.8. The van der Waals surface area contributed by atoms with Crippen molar-refractivity contribution in [2.75, 3.05) is 31.7 Å². The van der Waals surface area contributed by atoms with Crippen LogP contribution in [0.2, 0.25) is 0 Å². The van der Waals surface area contributed by atoms with E-state index in [1.807, 2.05) is 0 Å². The Balaban J connectivity index is 1.43. The highest BCUT2D eigenvalue weighted by molar-refractivity contribution is 5.71. The predicted molar refractivity (Wildman–Crippen MR) is 147 cm³/mol. The number of aliphatic hydroxyl groups excluding tert-OH is 7. The molecule has 2 aromatic rings. The lowest BCUT2D eigenvalue weighted by atomic mass is 9.96. The molecule has 19 heteroatoms. The number of rotatable bonds is 13. The van der Waals surface area contributed by atoms with Gasteiger partial charge in [0.1, 0.15) is 54.3 Å². The summed E-state index contributed by atoms with van der Waals surface area (Å²) in [6.45, 7) is 1.58. The highest BCUT2D eigenvalue weighted by atomic mass is 16.7. The molecule has 45 heavy (non-hydrogen) atoms. The third kappa shape index (κ3) is 8.38. The summed E-state index contributed by atoms with van der Waals surface area (Å²) < 4.78 is 28.5. The molecule has 0 saturated carbocycles. The van der Waals surface area contributed by atoms with E-state index >= 15 is 0 Å². The van der Waals surface area contributed by atoms with Gasteiger partial charge in [-0.05, 0) is 6.42 Å². The lowest BCUT2D eigenvalue weighted by Crippen LogP contribution is -2.65. The van der Waals surface area contributed by atoms with Gasteiger partial charge in [-0.15, -0.1) is 0 Å². The van der Waals surface area contributed by atoms with Crippen molar-refractivity contribution in [3.05, 3.63) is 12.5 Å². The molecule has 4 rings (SSSR count). The number of nitrogens with one attached hydrogen (secondary N) is 1. The van der Waals surface area contributed by atoms with E-state index in [1.54, 1.807) is 4.57 Å². The molecule has 0 amide bonds. The number of hydrogen-bond donors (Lipinski definition) is 8. The van der Waals surface area contributed by atoms with Gasteiger partial charge in [0.25, 0.3) is 0 Å². The van der Waals surface area contributed by atoms with E-state index in [0.717, 1.165) is 0 Å². The Morgan fingerprint density at radius 3 is 2.20 bits per heavy atom. The standard InChI is InChI=1S/C26H39N5O14/c1-11(34)41-8-13(9-42-12(2)35)3-4-31-10-28-14-5-27-26(29-23(14)31)30-24-20(39)19(38)22(16(7-33)43-24)45-25-21(40)18(37)17(36)15(6-32)44-25/h5,10,13,15-22,24-25,32-33,36-40H,3-4,6-9H2,1-2H3,(H,27,29,30)/t15-,16-,17+,18+,19-,20-,21-,22-,24+,25+/m1/s1. The molecule has 2 aliphatic heterocycles. The number of nitrogens with zero attached hydrogens (tertiary/aromatic N) is 4. The van der Waals surface area contributed by atoms with Gasteiger partial charge in [0.2, 0.25) is 5.95 Å². The molecule has 0 aromatic carbocycles. The summed E-state index contributed by atoms with van der Waals surface area (Å²) in [5.41, 5.74) is 0.822. The van der Waals surface area contributed by atoms with Crippen LogP contribution in [0.1, 0.15) is 20.3 Å². The van der Waals surface area contributed by atoms with Crippen molar-refractivity contribution in [2.45, 2.75) is 88.2 Å². The first kappa shape index (κ1) is 34.8. The van der Waals surface area contributed by atoms with Gasteiger partial charge in [-0.2, -0.15) is 4.98 Å². The Hall–Kier alpha value is -3.11. The number of anilines is 1. The lowest BCUT2D eigenvalue weighted by molar-refractivity contribution is -0.340. The topological polar surface area (TPSA) is 278 Å². The van der Waals surface area contributed by atoms with Gasteiger partial charge < -0.3 is 69.3 Å². The molecule has 0 bridgehead atoms. The predicted octanol–water partition coefficient (Wildman–Crippen LogP) is -4.01. The normalized spacial score (nSPS) is 32.0. The van der Waals surface area contributed by atoms with Crippen LogP contribution < -0.4 is 5.32 Å². The van der Waals surface area contributed by atoms with Crippen LogP contribution in [-0.2, 0) is 39.8 Å². The lowest BCUT2D eigenvalue weighted by Gasteiger charge is -2.46. The van der Waals surface area contributed by atoms with E-state index in [-0.39, 0.29) is 25.1 Å². The minimum absolute atomic E-state index is 0.0260. The van der Waals surface area contributed by atoms with E-state index in [2.05, 4.69) is 20.3 Å². The van der Waals surface area contributed by atoms with Crippen molar-refractivity contribution in [1.82, 2.24) is 19.5 Å². The van der Waals surface area contributed by atoms with Crippen molar-refractivity contribution in [3.63, 3.8) is 0 Å². The van der Waals surface area contributed by atoms with E-state index in [0.29, 0.717) is 24.1 Å². The van der Waals surface area contributed by atoms with Crippen molar-refractivity contribution in [3.8, 4) is 0 Å². The smallest absolute Gasteiger partial charge is 0.302 e. The molecule has 0 radical (unpaired) electrons. The molecule has 10 atom stereocenters. The number of carbonyl (C=O) groups excluding carboxylic acids is 2. The molecule has 252 valence electrons. The molecule has 19 nitrogen and oxygen atoms in total. The number of aryl methyl sites for hydroxylation is 1. The van der Waals surface area contributed by atoms with Crippen LogP contribution in [0.25, 0.3) is 11.2 Å². The van der Waals surface area contributed by atoms with Crippen LogP contribution in [-0.4, -0.2) is 155 Å². The quantitative estimate of drug-likeness (QED) is 0.0963. The minimum atomic E-state index is -1.79. The van der Waals surface area contributed by atoms with Crippen molar-refractivity contribution < 1.29 is 69.0 Å². The summed E-state index contributed by atoms with van der Waals surface area (Å²) in [6.07, 6.45) is -12.2. The third-order valence-electron chi connectivity index (χ3n) is 7.46. The summed E-state index contributed by atoms with van der Waals surface area (Å²) in [5.74, 6) is -1.25. The highest BCUT2D eigenvalue weighted by Crippen LogP contribution is 2.29. The van der Waals surface area contributed by atoms with Crippen molar-refractivity contribution >= 4 is 29.1 Å². The molecule has 2 fully saturated rings. The molecule has 0 aliphatic carbocycles. The summed E-state index contributed by atoms with van der Waals surface area (Å²) in [5, 5.41) is 74.2. The van der Waals surface area contributed by atoms with E-state index in [4.69, 9.17) is 23.7 Å². The van der Waals surface area contributed by atoms with Crippen LogP contribution in [0.4, 0.5) is 5.95 Å². The van der Waals surface area contributed by atoms with Gasteiger partial charge in [-0.3, -0.25) is 9.59 Å². The van der Waals surface area contributed by atoms with Crippen LogP contribution in [0.15, 0.2) is 12.5 Å². The number of hydrogen-bond acceptors (Lipinski definition) is 18. The zero-order valence-corrected chi connectivity index (χ0v) is 24.5. The molecule has 8 N–H and O–H groups in total. The van der Waals surface area contributed by atoms with Crippen LogP contribution in [0.5, 0.6) is 0 Å². The molecule has 0 spiro atoms. The minimum Gasteiger partial charge on any atom is -0.465 e. The second-order valence-corrected chi connectivity index (χ2v) is 10.8. The number of aliphatic hydroxyl groups is 7. The van der Waals surface area contributed by atoms with Crippen molar-refractivity contribution in [1.29, 1.82) is 0 Å². The number of carbonyl (C=O) groups is 2. The van der Waals surface area contributed by atoms with E-state index in [1.165, 1.54) is 26.4 Å². The maximum absolute atomic E-state index is 11.3. The molecule has 2 saturated heterocycles. The van der Waals surface area contributed by atoms with E-state index in [9.17, 15) is 45.3 Å². The van der Waals surface area contributed by atoms with Crippen molar-refractivity contribution in [2.24, 2.45) is 5.92 Å². The Kier molecular flexibility index (Phi) is 11.9. The number of imidazole rings is 1. The first-order valence-corrected chi connectivity index (χ1v) is 14.2. The van der Waals surface area contributed by atoms with Gasteiger partial charge in [-0.25, -0.2) is 9.97 Å². The van der Waals surface area contributed by atoms with Gasteiger partial charge in [0, 0.05) is 26.3 Å².